The van der Waals surface area contributed by atoms with Crippen LogP contribution in [0.2, 0.25) is 0 Å². The Labute approximate surface area is 213 Å². The van der Waals surface area contributed by atoms with Gasteiger partial charge in [-0.3, -0.25) is 0 Å². The van der Waals surface area contributed by atoms with Gasteiger partial charge in [-0.15, -0.1) is 0 Å². The van der Waals surface area contributed by atoms with Gasteiger partial charge in [-0.05, 0) is 54.6 Å². The maximum absolute atomic E-state index is 12.1. The highest BCUT2D eigenvalue weighted by atomic mass is 16.2. The lowest BCUT2D eigenvalue weighted by Gasteiger charge is -2.19. The Morgan fingerprint density at radius 3 is 2.20 bits per heavy atom. The molecule has 190 valence electrons. The highest BCUT2D eigenvalue weighted by molar-refractivity contribution is 5.91. The summed E-state index contributed by atoms with van der Waals surface area (Å²) in [5.41, 5.74) is 3.05. The molecule has 1 aromatic heterocycles. The number of rotatable bonds is 8. The zero-order valence-electron chi connectivity index (χ0n) is 21.2. The number of carbonyl (C=O) groups excluding carboxylic acids is 1. The molecule has 3 rings (SSSR count). The molecule has 0 radical (unpaired) electrons. The van der Waals surface area contributed by atoms with Crippen molar-refractivity contribution in [3.63, 3.8) is 0 Å². The van der Waals surface area contributed by atoms with Crippen molar-refractivity contribution in [2.75, 3.05) is 22.6 Å². The van der Waals surface area contributed by atoms with E-state index in [-0.39, 0.29) is 10.3 Å². The fraction of sp³-hybridized carbons (Fsp3) is 0.179. The molecule has 0 aliphatic carbocycles. The van der Waals surface area contributed by atoms with E-state index in [4.69, 9.17) is 0 Å². The van der Waals surface area contributed by atoms with E-state index in [2.05, 4.69) is 39.1 Å². The predicted molar refractivity (Wildman–Crippen MR) is 156 cm³/mol. The molecule has 7 nitrogen and oxygen atoms in total. The molecule has 1 heterocycles. The topological polar surface area (TPSA) is 82.2 Å². The van der Waals surface area contributed by atoms with Crippen LogP contribution in [-0.2, 0) is 0 Å². The largest absolute Gasteiger partial charge is 0.329 e. The first-order chi connectivity index (χ1) is 17.1. The Bertz CT molecular complexity index is 1090. The summed E-state index contributed by atoms with van der Waals surface area (Å²) in [6.07, 6.45) is 6.49. The average molecular weight is 479 g/mol. The van der Waals surface area contributed by atoms with Gasteiger partial charge >= 0.3 is 6.03 Å². The van der Waals surface area contributed by atoms with Crippen molar-refractivity contribution in [1.82, 2.24) is 15.3 Å². The Kier molecular flexibility index (Phi) is 13.3. The Morgan fingerprint density at radius 1 is 0.943 bits per heavy atom. The van der Waals surface area contributed by atoms with Crippen LogP contribution < -0.4 is 20.9 Å². The first kappa shape index (κ1) is 28.6. The highest BCUT2D eigenvalue weighted by Gasteiger charge is 2.08. The van der Waals surface area contributed by atoms with E-state index >= 15 is 0 Å². The zero-order valence-corrected chi connectivity index (χ0v) is 21.2. The number of nitrogens with zero attached hydrogens (tertiary/aromatic N) is 3. The second-order valence-electron chi connectivity index (χ2n) is 6.48. The van der Waals surface area contributed by atoms with Crippen molar-refractivity contribution >= 4 is 34.9 Å². The summed E-state index contributed by atoms with van der Waals surface area (Å²) in [7, 11) is 1.92. The third kappa shape index (κ3) is 9.55. The molecule has 0 bridgehead atoms. The van der Waals surface area contributed by atoms with Gasteiger partial charge in [-0.2, -0.15) is 4.98 Å². The molecule has 0 fully saturated rings. The number of carbonyl (C=O) groups is 1. The molecule has 0 saturated heterocycles. The monoisotopic (exact) mass is 478 g/mol. The summed E-state index contributed by atoms with van der Waals surface area (Å²) >= 11 is 0. The summed E-state index contributed by atoms with van der Waals surface area (Å²) in [4.78, 5) is 22.9. The van der Waals surface area contributed by atoms with E-state index in [0.29, 0.717) is 17.3 Å². The van der Waals surface area contributed by atoms with Gasteiger partial charge in [0.2, 0.25) is 5.95 Å². The van der Waals surface area contributed by atoms with Gasteiger partial charge in [-0.25, -0.2) is 9.78 Å². The number of hydrogen-bond acceptors (Lipinski definition) is 5. The molecule has 3 aromatic rings. The second kappa shape index (κ2) is 16.3. The molecular weight excluding hydrogens is 436 g/mol. The molecule has 0 aliphatic rings. The number of aromatic nitrogens is 2. The number of urea groups is 1. The lowest BCUT2D eigenvalue weighted by Crippen LogP contribution is -2.27. The number of nitrogens with one attached hydrogen (secondary N) is 3. The van der Waals surface area contributed by atoms with E-state index in [1.807, 2.05) is 100 Å². The number of para-hydroxylation sites is 1. The minimum Gasteiger partial charge on any atom is -0.329 e. The van der Waals surface area contributed by atoms with Crippen molar-refractivity contribution in [2.45, 2.75) is 27.7 Å². The molecular formula is C28H42N6O. The average Bonchev–Trinajstić information content (AvgIpc) is 2.91. The second-order valence-corrected chi connectivity index (χ2v) is 6.48. The smallest absolute Gasteiger partial charge is 0.323 e. The van der Waals surface area contributed by atoms with Gasteiger partial charge in [0.25, 0.3) is 0 Å². The van der Waals surface area contributed by atoms with Crippen LogP contribution in [0.25, 0.3) is 0 Å². The third-order valence-corrected chi connectivity index (χ3v) is 4.30. The van der Waals surface area contributed by atoms with Gasteiger partial charge in [0.05, 0.1) is 0 Å². The number of anilines is 5. The third-order valence-electron chi connectivity index (χ3n) is 4.30. The Balaban J connectivity index is -0.00000167. The lowest BCUT2D eigenvalue weighted by molar-refractivity contribution is 0.254. The summed E-state index contributed by atoms with van der Waals surface area (Å²) < 4.78 is 0. The fourth-order valence-corrected chi connectivity index (χ4v) is 2.73. The van der Waals surface area contributed by atoms with Crippen molar-refractivity contribution in [1.29, 1.82) is 0 Å². The van der Waals surface area contributed by atoms with Crippen LogP contribution >= 0.6 is 0 Å². The van der Waals surface area contributed by atoms with Gasteiger partial charge in [0.15, 0.2) is 0 Å². The van der Waals surface area contributed by atoms with Crippen LogP contribution in [0.5, 0.6) is 0 Å². The summed E-state index contributed by atoms with van der Waals surface area (Å²) in [5, 5.41) is 8.66. The van der Waals surface area contributed by atoms with Crippen LogP contribution in [0.15, 0.2) is 104 Å². The van der Waals surface area contributed by atoms with E-state index in [1.165, 1.54) is 0 Å². The SMILES string of the molecule is C=C/C=C(\C=C)NC(=O)Nc1ccc(N(C)c2ccnc(Nc3ccccc3)n2)cc1.CC.CC.[HH].[HH].[HH]. The van der Waals surface area contributed by atoms with Crippen LogP contribution in [0.1, 0.15) is 32.0 Å². The van der Waals surface area contributed by atoms with Crippen molar-refractivity contribution in [3.05, 3.63) is 104 Å². The normalized spacial score (nSPS) is 9.80. The van der Waals surface area contributed by atoms with E-state index in [0.717, 1.165) is 17.2 Å². The minimum absolute atomic E-state index is 0. The molecule has 0 aliphatic heterocycles. The Hall–Kier alpha value is -4.39. The first-order valence-electron chi connectivity index (χ1n) is 11.6. The highest BCUT2D eigenvalue weighted by Crippen LogP contribution is 2.24. The van der Waals surface area contributed by atoms with Crippen molar-refractivity contribution in [2.24, 2.45) is 0 Å². The van der Waals surface area contributed by atoms with Crippen LogP contribution in [0.3, 0.4) is 0 Å². The molecule has 0 spiro atoms. The van der Waals surface area contributed by atoms with Crippen LogP contribution in [-0.4, -0.2) is 23.0 Å². The standard InChI is InChI=1S/C24H24N6O.2C2H6.3H2/c1-4-9-18(5-2)27-24(31)28-20-12-14-21(15-13-20)30(3)22-16-17-25-23(29-22)26-19-10-7-6-8-11-19;2*1-2;;;/h4-17H,1-2H2,3H3,(H,25,26,29)(H2,27,28,31);2*1-2H3;3*1H/b18-9+;;;;;. The zero-order chi connectivity index (χ0) is 26.1. The predicted octanol–water partition coefficient (Wildman–Crippen LogP) is 8.16. The molecule has 0 atom stereocenters. The van der Waals surface area contributed by atoms with Gasteiger partial charge in [0, 0.05) is 40.3 Å². The summed E-state index contributed by atoms with van der Waals surface area (Å²) in [6.45, 7) is 15.3. The van der Waals surface area contributed by atoms with Crippen LogP contribution in [0, 0.1) is 0 Å². The molecule has 0 saturated carbocycles. The quantitative estimate of drug-likeness (QED) is 0.285. The number of hydrogen-bond donors (Lipinski definition) is 3. The molecule has 7 heteroatoms. The van der Waals surface area contributed by atoms with Crippen molar-refractivity contribution < 1.29 is 9.07 Å². The van der Waals surface area contributed by atoms with Gasteiger partial charge in [0.1, 0.15) is 5.82 Å². The maximum Gasteiger partial charge on any atom is 0.323 e. The van der Waals surface area contributed by atoms with E-state index in [1.54, 1.807) is 24.4 Å². The van der Waals surface area contributed by atoms with Crippen LogP contribution in [0.4, 0.5) is 33.6 Å². The molecule has 0 unspecified atom stereocenters. The number of allylic oxidation sites excluding steroid dienone is 3. The van der Waals surface area contributed by atoms with Gasteiger partial charge in [-0.1, -0.05) is 65.1 Å². The summed E-state index contributed by atoms with van der Waals surface area (Å²) in [5.74, 6) is 1.24. The first-order valence-corrected chi connectivity index (χ1v) is 11.6. The Morgan fingerprint density at radius 2 is 1.60 bits per heavy atom. The lowest BCUT2D eigenvalue weighted by atomic mass is 10.2. The van der Waals surface area contributed by atoms with Crippen molar-refractivity contribution in [3.8, 4) is 0 Å². The summed E-state index contributed by atoms with van der Waals surface area (Å²) in [6, 6.07) is 18.7. The van der Waals surface area contributed by atoms with Gasteiger partial charge < -0.3 is 20.9 Å². The molecule has 3 N–H and O–H groups in total. The maximum atomic E-state index is 12.1. The number of benzene rings is 2. The molecule has 2 aromatic carbocycles. The van der Waals surface area contributed by atoms with E-state index in [9.17, 15) is 4.79 Å². The molecule has 35 heavy (non-hydrogen) atoms. The van der Waals surface area contributed by atoms with E-state index < -0.39 is 0 Å². The fourth-order valence-electron chi connectivity index (χ4n) is 2.73. The number of amides is 2. The molecule has 2 amide bonds. The minimum atomic E-state index is -0.360.